The van der Waals surface area contributed by atoms with Crippen LogP contribution in [0.2, 0.25) is 0 Å². The number of carbonyl (C=O) groups is 1. The number of aromatic nitrogens is 2. The summed E-state index contributed by atoms with van der Waals surface area (Å²) in [4.78, 5) is 37.5. The van der Waals surface area contributed by atoms with E-state index in [1.165, 1.54) is 12.7 Å². The third-order valence-electron chi connectivity index (χ3n) is 8.75. The van der Waals surface area contributed by atoms with Gasteiger partial charge in [-0.2, -0.15) is 0 Å². The molecule has 1 amide bonds. The second-order valence-electron chi connectivity index (χ2n) is 13.3. The second-order valence-corrected chi connectivity index (χ2v) is 13.3. The van der Waals surface area contributed by atoms with Gasteiger partial charge in [-0.3, -0.25) is 0 Å². The zero-order chi connectivity index (χ0) is 34.4. The van der Waals surface area contributed by atoms with Crippen LogP contribution >= 0.6 is 0 Å². The van der Waals surface area contributed by atoms with Crippen molar-refractivity contribution in [1.82, 2.24) is 14.5 Å². The van der Waals surface area contributed by atoms with Gasteiger partial charge >= 0.3 is 11.8 Å². The molecule has 1 aromatic heterocycles. The SMILES string of the molecule is CO[N+](=O)c1ccccc1NC(COc1ccc(-c2nc3ccccc3n2Cc2ccccc2)cc1)C1CCN(C(=O)OC(C)(C)C)CC1. The number of likely N-dealkylation sites (tertiary alicyclic amines) is 1. The number of carbonyl (C=O) groups excluding carboxylic acids is 1. The van der Waals surface area contributed by atoms with Crippen LogP contribution in [0, 0.1) is 10.8 Å². The van der Waals surface area contributed by atoms with E-state index in [2.05, 4.69) is 40.2 Å². The predicted molar refractivity (Wildman–Crippen MR) is 191 cm³/mol. The van der Waals surface area contributed by atoms with Crippen LogP contribution in [0.15, 0.2) is 103 Å². The summed E-state index contributed by atoms with van der Waals surface area (Å²) in [6.07, 6.45) is 1.21. The van der Waals surface area contributed by atoms with Gasteiger partial charge in [0.1, 0.15) is 29.5 Å². The predicted octanol–water partition coefficient (Wildman–Crippen LogP) is 8.23. The minimum atomic E-state index is -0.550. The zero-order valence-electron chi connectivity index (χ0n) is 28.5. The van der Waals surface area contributed by atoms with Gasteiger partial charge < -0.3 is 24.3 Å². The monoisotopic (exact) mass is 662 g/mol. The smallest absolute Gasteiger partial charge is 0.410 e. The van der Waals surface area contributed by atoms with E-state index >= 15 is 0 Å². The number of hydrogen-bond donors (Lipinski definition) is 1. The molecule has 0 radical (unpaired) electrons. The number of piperidine rings is 1. The van der Waals surface area contributed by atoms with Gasteiger partial charge in [0.15, 0.2) is 7.11 Å². The molecule has 1 saturated heterocycles. The van der Waals surface area contributed by atoms with Gasteiger partial charge in [-0.25, -0.2) is 14.6 Å². The fraction of sp³-hybridized carbons (Fsp3) is 0.333. The number of benzene rings is 4. The number of fused-ring (bicyclic) bond motifs is 1. The minimum absolute atomic E-state index is 0.151. The fourth-order valence-corrected chi connectivity index (χ4v) is 6.27. The Kier molecular flexibility index (Phi) is 10.1. The summed E-state index contributed by atoms with van der Waals surface area (Å²) in [5, 5.41) is 3.57. The van der Waals surface area contributed by atoms with Crippen molar-refractivity contribution in [2.45, 2.75) is 51.8 Å². The maximum Gasteiger partial charge on any atom is 0.410 e. The Labute approximate surface area is 287 Å². The molecule has 0 aliphatic carbocycles. The van der Waals surface area contributed by atoms with Crippen LogP contribution in [0.5, 0.6) is 5.75 Å². The quantitative estimate of drug-likeness (QED) is 0.142. The van der Waals surface area contributed by atoms with Crippen molar-refractivity contribution < 1.29 is 24.0 Å². The number of nitrogens with zero attached hydrogens (tertiary/aromatic N) is 4. The Hall–Kier alpha value is -5.38. The van der Waals surface area contributed by atoms with Crippen molar-refractivity contribution in [3.8, 4) is 17.1 Å². The summed E-state index contributed by atoms with van der Waals surface area (Å²) in [7, 11) is 1.34. The van der Waals surface area contributed by atoms with E-state index < -0.39 is 5.60 Å². The lowest BCUT2D eigenvalue weighted by Gasteiger charge is -2.37. The molecule has 4 aromatic carbocycles. The molecule has 6 rings (SSSR count). The van der Waals surface area contributed by atoms with E-state index in [4.69, 9.17) is 19.3 Å². The molecule has 10 heteroatoms. The van der Waals surface area contributed by atoms with Gasteiger partial charge in [-0.05, 0) is 87.6 Å². The van der Waals surface area contributed by atoms with Crippen molar-refractivity contribution in [3.63, 3.8) is 0 Å². The maximum absolute atomic E-state index is 12.7. The molecule has 0 spiro atoms. The summed E-state index contributed by atoms with van der Waals surface area (Å²) >= 11 is 0. The Morgan fingerprint density at radius 2 is 1.59 bits per heavy atom. The van der Waals surface area contributed by atoms with Gasteiger partial charge in [0.05, 0.1) is 22.0 Å². The van der Waals surface area contributed by atoms with Crippen LogP contribution in [-0.4, -0.2) is 63.9 Å². The van der Waals surface area contributed by atoms with Crippen LogP contribution in [-0.2, 0) is 16.1 Å². The first-order chi connectivity index (χ1) is 23.7. The molecule has 1 fully saturated rings. The lowest BCUT2D eigenvalue weighted by Crippen LogP contribution is -2.46. The molecule has 49 heavy (non-hydrogen) atoms. The molecule has 1 aliphatic heterocycles. The number of anilines is 1. The average Bonchev–Trinajstić information content (AvgIpc) is 3.48. The largest absolute Gasteiger partial charge is 0.491 e. The van der Waals surface area contributed by atoms with Crippen molar-refractivity contribution in [1.29, 1.82) is 0 Å². The van der Waals surface area contributed by atoms with Crippen molar-refractivity contribution in [2.24, 2.45) is 5.92 Å². The highest BCUT2D eigenvalue weighted by Crippen LogP contribution is 2.31. The van der Waals surface area contributed by atoms with E-state index in [-0.39, 0.29) is 18.1 Å². The van der Waals surface area contributed by atoms with E-state index in [1.807, 2.05) is 81.4 Å². The van der Waals surface area contributed by atoms with Crippen LogP contribution in [0.3, 0.4) is 0 Å². The lowest BCUT2D eigenvalue weighted by molar-refractivity contribution is -0.736. The first-order valence-corrected chi connectivity index (χ1v) is 16.8. The van der Waals surface area contributed by atoms with Crippen LogP contribution in [0.4, 0.5) is 16.2 Å². The Bertz CT molecular complexity index is 1880. The molecule has 254 valence electrons. The highest BCUT2D eigenvalue weighted by atomic mass is 16.8. The first-order valence-electron chi connectivity index (χ1n) is 16.8. The number of rotatable bonds is 11. The number of nitrogens with one attached hydrogen (secondary N) is 1. The van der Waals surface area contributed by atoms with Crippen molar-refractivity contribution in [3.05, 3.63) is 114 Å². The topological polar surface area (TPSA) is 97.9 Å². The number of imidazole rings is 1. The first kappa shape index (κ1) is 33.5. The van der Waals surface area contributed by atoms with Gasteiger partial charge in [-0.15, -0.1) is 0 Å². The summed E-state index contributed by atoms with van der Waals surface area (Å²) in [6.45, 7) is 7.83. The Balaban J connectivity index is 1.20. The zero-order valence-corrected chi connectivity index (χ0v) is 28.5. The number of para-hydroxylation sites is 4. The molecule has 10 nitrogen and oxygen atoms in total. The molecular weight excluding hydrogens is 618 g/mol. The third kappa shape index (κ3) is 8.20. The van der Waals surface area contributed by atoms with E-state index in [9.17, 15) is 9.70 Å². The molecule has 1 atom stereocenters. The number of hydrogen-bond acceptors (Lipinski definition) is 7. The molecule has 5 aromatic rings. The van der Waals surface area contributed by atoms with Crippen LogP contribution < -0.4 is 10.1 Å². The van der Waals surface area contributed by atoms with Crippen molar-refractivity contribution in [2.75, 3.05) is 32.1 Å². The molecule has 0 saturated carbocycles. The summed E-state index contributed by atoms with van der Waals surface area (Å²) < 4.78 is 14.3. The normalized spacial score (nSPS) is 14.3. The highest BCUT2D eigenvalue weighted by Gasteiger charge is 2.33. The van der Waals surface area contributed by atoms with Gasteiger partial charge in [-0.1, -0.05) is 54.6 Å². The summed E-state index contributed by atoms with van der Waals surface area (Å²) in [5.74, 6) is 1.79. The second kappa shape index (κ2) is 14.8. The van der Waals surface area contributed by atoms with Crippen LogP contribution in [0.25, 0.3) is 22.4 Å². The molecule has 1 unspecified atom stereocenters. The summed E-state index contributed by atoms with van der Waals surface area (Å²) in [5.41, 5.74) is 4.70. The van der Waals surface area contributed by atoms with Crippen LogP contribution in [0.1, 0.15) is 39.2 Å². The summed E-state index contributed by atoms with van der Waals surface area (Å²) in [6, 6.07) is 33.7. The molecular formula is C39H44N5O5+. The Morgan fingerprint density at radius 1 is 0.918 bits per heavy atom. The Morgan fingerprint density at radius 3 is 2.31 bits per heavy atom. The third-order valence-corrected chi connectivity index (χ3v) is 8.75. The number of ether oxygens (including phenoxy) is 2. The van der Waals surface area contributed by atoms with Gasteiger partial charge in [0.25, 0.3) is 4.92 Å². The number of amides is 1. The van der Waals surface area contributed by atoms with Gasteiger partial charge in [0.2, 0.25) is 0 Å². The lowest BCUT2D eigenvalue weighted by atomic mass is 9.89. The van der Waals surface area contributed by atoms with E-state index in [0.717, 1.165) is 41.0 Å². The van der Waals surface area contributed by atoms with Crippen molar-refractivity contribution >= 4 is 28.5 Å². The van der Waals surface area contributed by atoms with E-state index in [1.54, 1.807) is 17.0 Å². The average molecular weight is 663 g/mol. The molecule has 2 heterocycles. The molecule has 1 N–H and O–H groups in total. The standard InChI is InChI=1S/C39H44N5O5/c1-39(2,3)49-38(45)42-24-22-29(23-25-42)34(40-33-15-9-11-17-36(33)44(46)47-4)27-48-31-20-18-30(19-21-31)37-41-32-14-8-10-16-35(32)43(37)26-28-12-6-5-7-13-28/h5-21,29,34,40H,22-27H2,1-4H3/q+1. The van der Waals surface area contributed by atoms with E-state index in [0.29, 0.717) is 42.5 Å². The molecule has 1 aliphatic rings. The molecule has 0 bridgehead atoms. The van der Waals surface area contributed by atoms with Gasteiger partial charge in [0, 0.05) is 31.3 Å². The maximum atomic E-state index is 12.7. The highest BCUT2D eigenvalue weighted by molar-refractivity contribution is 5.81. The minimum Gasteiger partial charge on any atom is -0.491 e. The fourth-order valence-electron chi connectivity index (χ4n) is 6.27.